The summed E-state index contributed by atoms with van der Waals surface area (Å²) in [6.45, 7) is 4.80. The molecule has 0 bridgehead atoms. The highest BCUT2D eigenvalue weighted by Gasteiger charge is 2.29. The second-order valence-electron chi connectivity index (χ2n) is 13.6. The van der Waals surface area contributed by atoms with Gasteiger partial charge in [0.1, 0.15) is 13.2 Å². The van der Waals surface area contributed by atoms with Gasteiger partial charge in [0, 0.05) is 19.0 Å². The van der Waals surface area contributed by atoms with Crippen LogP contribution in [0.5, 0.6) is 5.88 Å². The van der Waals surface area contributed by atoms with Crippen molar-refractivity contribution in [3.63, 3.8) is 0 Å². The number of alkyl carbamates (subject to hydrolysis) is 1. The van der Waals surface area contributed by atoms with Crippen molar-refractivity contribution >= 4 is 29.1 Å². The number of amides is 2. The number of imidazole rings is 1. The monoisotopic (exact) mass is 796 g/mol. The Morgan fingerprint density at radius 1 is 0.724 bits per heavy atom. The molecule has 0 aliphatic heterocycles. The van der Waals surface area contributed by atoms with E-state index in [1.165, 1.54) is 28.6 Å². The maximum absolute atomic E-state index is 12.4. The van der Waals surface area contributed by atoms with Gasteiger partial charge in [-0.1, -0.05) is 72.8 Å². The van der Waals surface area contributed by atoms with Crippen molar-refractivity contribution in [2.75, 3.05) is 71.7 Å². The van der Waals surface area contributed by atoms with Gasteiger partial charge in [-0.25, -0.2) is 9.78 Å². The summed E-state index contributed by atoms with van der Waals surface area (Å²) >= 11 is 0. The minimum Gasteiger partial charge on any atom is -0.471 e. The van der Waals surface area contributed by atoms with Gasteiger partial charge in [0.05, 0.1) is 65.2 Å². The molecule has 0 spiro atoms. The molecule has 2 amide bonds. The highest BCUT2D eigenvalue weighted by molar-refractivity contribution is 5.81. The summed E-state index contributed by atoms with van der Waals surface area (Å²) in [6.07, 6.45) is 2.95. The molecule has 0 radical (unpaired) electrons. The molecule has 16 heteroatoms. The van der Waals surface area contributed by atoms with Crippen molar-refractivity contribution in [1.29, 1.82) is 0 Å². The Bertz CT molecular complexity index is 2000. The molecular formula is C42H52N8O8. The maximum Gasteiger partial charge on any atom is 0.407 e. The van der Waals surface area contributed by atoms with Crippen molar-refractivity contribution in [3.05, 3.63) is 101 Å². The molecule has 2 heterocycles. The Morgan fingerprint density at radius 2 is 1.34 bits per heavy atom. The number of unbranched alkanes of at least 4 members (excludes halogenated alkanes) is 1. The zero-order valence-corrected chi connectivity index (χ0v) is 32.5. The molecule has 1 atom stereocenters. The fourth-order valence-electron chi connectivity index (χ4n) is 6.50. The fourth-order valence-corrected chi connectivity index (χ4v) is 6.50. The number of H-pyrrole nitrogens is 1. The maximum atomic E-state index is 12.4. The Balaban J connectivity index is 0.694. The van der Waals surface area contributed by atoms with Crippen molar-refractivity contribution in [2.24, 2.45) is 5.73 Å². The zero-order chi connectivity index (χ0) is 40.4. The van der Waals surface area contributed by atoms with E-state index in [-0.39, 0.29) is 24.4 Å². The van der Waals surface area contributed by atoms with E-state index < -0.39 is 12.1 Å². The molecule has 6 rings (SSSR count). The lowest BCUT2D eigenvalue weighted by Crippen LogP contribution is -2.41. The number of aromatic amines is 1. The van der Waals surface area contributed by atoms with E-state index >= 15 is 0 Å². The number of nitrogen functional groups attached to an aromatic ring is 1. The van der Waals surface area contributed by atoms with Gasteiger partial charge in [-0.3, -0.25) is 4.79 Å². The molecular weight excluding hydrogens is 745 g/mol. The molecule has 308 valence electrons. The summed E-state index contributed by atoms with van der Waals surface area (Å²) in [5.41, 5.74) is 19.6. The molecule has 0 saturated carbocycles. The number of rotatable bonds is 25. The number of ether oxygens (including phenoxy) is 6. The van der Waals surface area contributed by atoms with E-state index in [0.717, 1.165) is 11.1 Å². The lowest BCUT2D eigenvalue weighted by molar-refractivity contribution is -0.122. The summed E-state index contributed by atoms with van der Waals surface area (Å²) in [7, 11) is 0. The molecule has 0 fully saturated rings. The number of benzene rings is 3. The number of nitrogens with one attached hydrogen (secondary N) is 3. The minimum absolute atomic E-state index is 0.0170. The van der Waals surface area contributed by atoms with Crippen LogP contribution in [0.25, 0.3) is 22.3 Å². The van der Waals surface area contributed by atoms with Crippen molar-refractivity contribution in [2.45, 2.75) is 44.4 Å². The number of nitrogens with zero attached hydrogens (tertiary/aromatic N) is 3. The number of carbonyl (C=O) groups is 2. The van der Waals surface area contributed by atoms with E-state index in [1.54, 1.807) is 0 Å². The third-order valence-corrected chi connectivity index (χ3v) is 9.48. The molecule has 1 aliphatic carbocycles. The second kappa shape index (κ2) is 22.3. The normalized spacial score (nSPS) is 12.6. The first kappa shape index (κ1) is 42.0. The van der Waals surface area contributed by atoms with Gasteiger partial charge in [0.15, 0.2) is 11.2 Å². The summed E-state index contributed by atoms with van der Waals surface area (Å²) < 4.78 is 33.7. The van der Waals surface area contributed by atoms with Crippen LogP contribution in [0.1, 0.15) is 47.4 Å². The van der Waals surface area contributed by atoms with E-state index in [1.807, 2.05) is 48.5 Å². The lowest BCUT2D eigenvalue weighted by Gasteiger charge is -2.15. The van der Waals surface area contributed by atoms with Crippen LogP contribution in [0.4, 0.5) is 10.7 Å². The summed E-state index contributed by atoms with van der Waals surface area (Å²) in [6, 6.07) is 23.7. The Labute approximate surface area is 337 Å². The lowest BCUT2D eigenvalue weighted by atomic mass is 9.98. The quantitative estimate of drug-likeness (QED) is 0.0523. The molecule has 3 aromatic carbocycles. The van der Waals surface area contributed by atoms with E-state index in [9.17, 15) is 9.59 Å². The molecule has 7 N–H and O–H groups in total. The number of aromatic nitrogens is 4. The van der Waals surface area contributed by atoms with Gasteiger partial charge >= 0.3 is 6.09 Å². The minimum atomic E-state index is -0.631. The third-order valence-electron chi connectivity index (χ3n) is 9.48. The van der Waals surface area contributed by atoms with Gasteiger partial charge in [-0.2, -0.15) is 9.97 Å². The fraction of sp³-hybridized carbons (Fsp3) is 0.405. The van der Waals surface area contributed by atoms with Crippen molar-refractivity contribution in [3.8, 4) is 17.0 Å². The SMILES string of the molecule is Nc1nc(OCc2ccc(COCCOCCOCCOCCNC(=O)C(N)CCCCNC(=O)OCC3c4ccccc4-c4ccccc43)cc2)c2nc[nH]c2n1. The van der Waals surface area contributed by atoms with Gasteiger partial charge in [-0.05, 0) is 52.6 Å². The molecule has 58 heavy (non-hydrogen) atoms. The number of nitrogens with two attached hydrogens (primary N) is 2. The van der Waals surface area contributed by atoms with E-state index in [4.69, 9.17) is 39.9 Å². The number of hydrogen-bond acceptors (Lipinski definition) is 13. The van der Waals surface area contributed by atoms with Crippen molar-refractivity contribution < 1.29 is 38.0 Å². The van der Waals surface area contributed by atoms with Gasteiger partial charge < -0.3 is 55.5 Å². The van der Waals surface area contributed by atoms with Crippen LogP contribution in [0.3, 0.4) is 0 Å². The molecule has 1 unspecified atom stereocenters. The van der Waals surface area contributed by atoms with Crippen LogP contribution in [-0.4, -0.2) is 104 Å². The van der Waals surface area contributed by atoms with E-state index in [0.29, 0.717) is 109 Å². The van der Waals surface area contributed by atoms with Gasteiger partial charge in [0.2, 0.25) is 17.7 Å². The predicted octanol–water partition coefficient (Wildman–Crippen LogP) is 4.23. The average Bonchev–Trinajstić information content (AvgIpc) is 3.85. The largest absolute Gasteiger partial charge is 0.471 e. The first-order chi connectivity index (χ1) is 28.5. The number of carbonyl (C=O) groups excluding carboxylic acids is 2. The van der Waals surface area contributed by atoms with Crippen LogP contribution in [0.2, 0.25) is 0 Å². The Morgan fingerprint density at radius 3 is 2.03 bits per heavy atom. The third kappa shape index (κ3) is 12.4. The van der Waals surface area contributed by atoms with Crippen LogP contribution >= 0.6 is 0 Å². The van der Waals surface area contributed by atoms with E-state index in [2.05, 4.69) is 54.8 Å². The summed E-state index contributed by atoms with van der Waals surface area (Å²) in [4.78, 5) is 40.0. The smallest absolute Gasteiger partial charge is 0.407 e. The van der Waals surface area contributed by atoms with Crippen LogP contribution in [0, 0.1) is 0 Å². The molecule has 5 aromatic rings. The first-order valence-electron chi connectivity index (χ1n) is 19.6. The van der Waals surface area contributed by atoms with Gasteiger partial charge in [0.25, 0.3) is 0 Å². The zero-order valence-electron chi connectivity index (χ0n) is 32.5. The highest BCUT2D eigenvalue weighted by atomic mass is 16.6. The number of fused-ring (bicyclic) bond motifs is 4. The van der Waals surface area contributed by atoms with Crippen LogP contribution in [-0.2, 0) is 41.7 Å². The summed E-state index contributed by atoms with van der Waals surface area (Å²) in [5, 5.41) is 5.60. The van der Waals surface area contributed by atoms with Crippen molar-refractivity contribution in [1.82, 2.24) is 30.6 Å². The highest BCUT2D eigenvalue weighted by Crippen LogP contribution is 2.44. The first-order valence-corrected chi connectivity index (χ1v) is 19.6. The van der Waals surface area contributed by atoms with Crippen LogP contribution < -0.4 is 26.8 Å². The Kier molecular flexibility index (Phi) is 16.2. The second-order valence-corrected chi connectivity index (χ2v) is 13.6. The summed E-state index contributed by atoms with van der Waals surface area (Å²) in [5.74, 6) is 0.237. The molecule has 0 saturated heterocycles. The predicted molar refractivity (Wildman–Crippen MR) is 217 cm³/mol. The number of anilines is 1. The number of hydrogen-bond donors (Lipinski definition) is 5. The Hall–Kier alpha value is -5.65. The molecule has 1 aliphatic rings. The standard InChI is InChI=1S/C42H52N8O8/c43-36(11-5-6-16-46-42(52)58-27-35-33-9-3-1-7-31(33)32-8-2-4-10-34(32)35)39(51)45-17-18-53-19-20-54-21-22-55-23-24-56-25-29-12-14-30(15-13-29)26-57-40-37-38(48-28-47-37)49-41(44)50-40/h1-4,7-10,12-15,28,35-36H,5-6,11,16-27,43H2,(H,45,51)(H,46,52)(H3,44,47,48,49,50). The van der Waals surface area contributed by atoms with Gasteiger partial charge in [-0.15, -0.1) is 0 Å². The average molecular weight is 797 g/mol. The molecule has 2 aromatic heterocycles. The molecule has 16 nitrogen and oxygen atoms in total. The topological polar surface area (TPSA) is 220 Å². The van der Waals surface area contributed by atoms with Crippen LogP contribution in [0.15, 0.2) is 79.1 Å².